The molecule has 0 bridgehead atoms. The van der Waals surface area contributed by atoms with E-state index >= 15 is 0 Å². The van der Waals surface area contributed by atoms with Crippen molar-refractivity contribution in [1.82, 2.24) is 0 Å². The highest BCUT2D eigenvalue weighted by Gasteiger charge is 2.25. The molecular weight excluding hydrogens is 354 g/mol. The van der Waals surface area contributed by atoms with Crippen LogP contribution in [0.15, 0.2) is 53.2 Å². The van der Waals surface area contributed by atoms with E-state index in [1.807, 2.05) is 13.0 Å². The van der Waals surface area contributed by atoms with Crippen molar-refractivity contribution >= 4 is 29.5 Å². The lowest BCUT2D eigenvalue weighted by atomic mass is 10.1. The lowest BCUT2D eigenvalue weighted by Crippen LogP contribution is -2.05. The van der Waals surface area contributed by atoms with Gasteiger partial charge in [-0.2, -0.15) is 0 Å². The monoisotopic (exact) mass is 371 g/mol. The Labute approximate surface area is 156 Å². The molecule has 0 spiro atoms. The third-order valence-corrected chi connectivity index (χ3v) is 4.01. The van der Waals surface area contributed by atoms with E-state index in [4.69, 9.17) is 25.8 Å². The number of benzene rings is 2. The molecule has 0 amide bonds. The average Bonchev–Trinajstić information content (AvgIpc) is 3.00. The smallest absolute Gasteiger partial charge is 0.363 e. The first kappa shape index (κ1) is 18.0. The first-order chi connectivity index (χ1) is 12.6. The van der Waals surface area contributed by atoms with Gasteiger partial charge in [-0.15, -0.1) is 0 Å². The second-order valence-electron chi connectivity index (χ2n) is 5.57. The van der Waals surface area contributed by atoms with Crippen molar-refractivity contribution in [3.63, 3.8) is 0 Å². The lowest BCUT2D eigenvalue weighted by Gasteiger charge is -2.10. The molecule has 2 aromatic rings. The number of rotatable bonds is 6. The Hall–Kier alpha value is -2.79. The summed E-state index contributed by atoms with van der Waals surface area (Å²) in [7, 11) is 1.58. The summed E-state index contributed by atoms with van der Waals surface area (Å²) >= 11 is 6.14. The predicted molar refractivity (Wildman–Crippen MR) is 101 cm³/mol. The minimum Gasteiger partial charge on any atom is -0.493 e. The molecule has 0 saturated heterocycles. The SMILES string of the molecule is CCCOc1cc(/C=C2\N=C(c3ccccc3Cl)OC2=O)ccc1OC. The van der Waals surface area contributed by atoms with Crippen molar-refractivity contribution in [2.75, 3.05) is 13.7 Å². The number of halogens is 1. The van der Waals surface area contributed by atoms with E-state index in [0.29, 0.717) is 28.7 Å². The number of esters is 1. The van der Waals surface area contributed by atoms with Gasteiger partial charge in [-0.3, -0.25) is 0 Å². The molecule has 0 aromatic heterocycles. The number of cyclic esters (lactones) is 1. The van der Waals surface area contributed by atoms with Crippen molar-refractivity contribution in [2.45, 2.75) is 13.3 Å². The predicted octanol–water partition coefficient (Wildman–Crippen LogP) is 4.48. The van der Waals surface area contributed by atoms with Crippen molar-refractivity contribution in [3.8, 4) is 11.5 Å². The number of aliphatic imine (C=N–C) groups is 1. The maximum Gasteiger partial charge on any atom is 0.363 e. The highest BCUT2D eigenvalue weighted by atomic mass is 35.5. The van der Waals surface area contributed by atoms with Crippen molar-refractivity contribution < 1.29 is 19.0 Å². The zero-order valence-electron chi connectivity index (χ0n) is 14.5. The van der Waals surface area contributed by atoms with Crippen molar-refractivity contribution in [1.29, 1.82) is 0 Å². The van der Waals surface area contributed by atoms with Crippen LogP contribution < -0.4 is 9.47 Å². The summed E-state index contributed by atoms with van der Waals surface area (Å²) < 4.78 is 16.2. The average molecular weight is 372 g/mol. The standard InChI is InChI=1S/C20H18ClNO4/c1-3-10-25-18-12-13(8-9-17(18)24-2)11-16-20(23)26-19(22-16)14-6-4-5-7-15(14)21/h4-9,11-12H,3,10H2,1-2H3/b16-11-. The Morgan fingerprint density at radius 2 is 2.00 bits per heavy atom. The van der Waals surface area contributed by atoms with E-state index in [-0.39, 0.29) is 11.6 Å². The van der Waals surface area contributed by atoms with Crippen LogP contribution in [0, 0.1) is 0 Å². The van der Waals surface area contributed by atoms with Crippen LogP contribution in [0.4, 0.5) is 0 Å². The van der Waals surface area contributed by atoms with E-state index in [2.05, 4.69) is 4.99 Å². The number of nitrogens with zero attached hydrogens (tertiary/aromatic N) is 1. The molecule has 1 heterocycles. The molecule has 0 radical (unpaired) electrons. The van der Waals surface area contributed by atoms with Gasteiger partial charge in [0.15, 0.2) is 17.2 Å². The Morgan fingerprint density at radius 1 is 1.19 bits per heavy atom. The zero-order chi connectivity index (χ0) is 18.5. The molecule has 0 fully saturated rings. The fourth-order valence-electron chi connectivity index (χ4n) is 2.42. The summed E-state index contributed by atoms with van der Waals surface area (Å²) in [5, 5.41) is 0.472. The Bertz CT molecular complexity index is 889. The van der Waals surface area contributed by atoms with Crippen LogP contribution in [-0.4, -0.2) is 25.6 Å². The Balaban J connectivity index is 1.92. The van der Waals surface area contributed by atoms with Gasteiger partial charge in [-0.25, -0.2) is 9.79 Å². The van der Waals surface area contributed by atoms with Crippen LogP contribution in [0.1, 0.15) is 24.5 Å². The minimum absolute atomic E-state index is 0.197. The normalized spacial score (nSPS) is 15.0. The minimum atomic E-state index is -0.522. The maximum atomic E-state index is 12.1. The van der Waals surface area contributed by atoms with Gasteiger partial charge >= 0.3 is 5.97 Å². The van der Waals surface area contributed by atoms with Gasteiger partial charge in [0, 0.05) is 0 Å². The van der Waals surface area contributed by atoms with E-state index in [1.165, 1.54) is 0 Å². The number of methoxy groups -OCH3 is 1. The quantitative estimate of drug-likeness (QED) is 0.555. The van der Waals surface area contributed by atoms with Crippen LogP contribution in [0.25, 0.3) is 6.08 Å². The molecule has 5 nitrogen and oxygen atoms in total. The fourth-order valence-corrected chi connectivity index (χ4v) is 2.64. The Morgan fingerprint density at radius 3 is 2.73 bits per heavy atom. The van der Waals surface area contributed by atoms with Gasteiger partial charge in [-0.1, -0.05) is 36.7 Å². The van der Waals surface area contributed by atoms with Crippen LogP contribution in [0.5, 0.6) is 11.5 Å². The summed E-state index contributed by atoms with van der Waals surface area (Å²) in [5.41, 5.74) is 1.53. The summed E-state index contributed by atoms with van der Waals surface area (Å²) in [6, 6.07) is 12.5. The molecule has 6 heteroatoms. The number of carbonyl (C=O) groups excluding carboxylic acids is 1. The van der Waals surface area contributed by atoms with Gasteiger partial charge in [0.05, 0.1) is 24.3 Å². The molecule has 26 heavy (non-hydrogen) atoms. The summed E-state index contributed by atoms with van der Waals surface area (Å²) in [5.74, 6) is 0.926. The van der Waals surface area contributed by atoms with Crippen LogP contribution in [0.3, 0.4) is 0 Å². The molecule has 0 atom stereocenters. The molecule has 3 rings (SSSR count). The first-order valence-corrected chi connectivity index (χ1v) is 8.58. The summed E-state index contributed by atoms with van der Waals surface area (Å²) in [6.07, 6.45) is 2.52. The molecule has 1 aliphatic rings. The highest BCUT2D eigenvalue weighted by Crippen LogP contribution is 2.30. The van der Waals surface area contributed by atoms with Gasteiger partial charge in [0.2, 0.25) is 5.90 Å². The topological polar surface area (TPSA) is 57.1 Å². The molecule has 134 valence electrons. The molecule has 1 aliphatic heterocycles. The number of hydrogen-bond acceptors (Lipinski definition) is 5. The van der Waals surface area contributed by atoms with Gasteiger partial charge in [0.1, 0.15) is 0 Å². The van der Waals surface area contributed by atoms with Crippen LogP contribution in [0.2, 0.25) is 5.02 Å². The third kappa shape index (κ3) is 3.89. The largest absolute Gasteiger partial charge is 0.493 e. The molecule has 0 unspecified atom stereocenters. The van der Waals surface area contributed by atoms with Crippen LogP contribution >= 0.6 is 11.6 Å². The second-order valence-corrected chi connectivity index (χ2v) is 5.98. The van der Waals surface area contributed by atoms with E-state index in [9.17, 15) is 4.79 Å². The van der Waals surface area contributed by atoms with E-state index < -0.39 is 5.97 Å². The first-order valence-electron chi connectivity index (χ1n) is 8.20. The summed E-state index contributed by atoms with van der Waals surface area (Å²) in [6.45, 7) is 2.60. The number of hydrogen-bond donors (Lipinski definition) is 0. The van der Waals surface area contributed by atoms with E-state index in [1.54, 1.807) is 49.6 Å². The van der Waals surface area contributed by atoms with Gasteiger partial charge in [0.25, 0.3) is 0 Å². The molecule has 2 aromatic carbocycles. The number of carbonyl (C=O) groups is 1. The van der Waals surface area contributed by atoms with Crippen molar-refractivity contribution in [2.24, 2.45) is 4.99 Å². The van der Waals surface area contributed by atoms with Gasteiger partial charge in [-0.05, 0) is 42.3 Å². The fraction of sp³-hybridized carbons (Fsp3) is 0.200. The van der Waals surface area contributed by atoms with Gasteiger partial charge < -0.3 is 14.2 Å². The Kier molecular flexibility index (Phi) is 5.58. The number of ether oxygens (including phenoxy) is 3. The van der Waals surface area contributed by atoms with E-state index in [0.717, 1.165) is 12.0 Å². The highest BCUT2D eigenvalue weighted by molar-refractivity contribution is 6.34. The molecule has 0 aliphatic carbocycles. The molecular formula is C20H18ClNO4. The lowest BCUT2D eigenvalue weighted by molar-refractivity contribution is -0.129. The third-order valence-electron chi connectivity index (χ3n) is 3.68. The molecule has 0 N–H and O–H groups in total. The maximum absolute atomic E-state index is 12.1. The van der Waals surface area contributed by atoms with Crippen molar-refractivity contribution in [3.05, 3.63) is 64.3 Å². The molecule has 0 saturated carbocycles. The summed E-state index contributed by atoms with van der Waals surface area (Å²) in [4.78, 5) is 16.4. The zero-order valence-corrected chi connectivity index (χ0v) is 15.2. The van der Waals surface area contributed by atoms with Crippen LogP contribution in [-0.2, 0) is 9.53 Å². The second kappa shape index (κ2) is 8.06.